The molecule has 0 aliphatic heterocycles. The Morgan fingerprint density at radius 1 is 1.12 bits per heavy atom. The minimum absolute atomic E-state index is 0.0141. The van der Waals surface area contributed by atoms with Gasteiger partial charge in [0, 0.05) is 23.6 Å². The van der Waals surface area contributed by atoms with Crippen molar-refractivity contribution in [1.29, 1.82) is 5.26 Å². The van der Waals surface area contributed by atoms with E-state index in [1.54, 1.807) is 43.5 Å². The molecule has 1 aromatic heterocycles. The molecule has 0 bridgehead atoms. The molecule has 0 aliphatic rings. The Bertz CT molecular complexity index is 1280. The van der Waals surface area contributed by atoms with Gasteiger partial charge in [-0.05, 0) is 73.9 Å². The van der Waals surface area contributed by atoms with E-state index in [-0.39, 0.29) is 17.7 Å². The molecule has 0 spiro atoms. The van der Waals surface area contributed by atoms with Crippen molar-refractivity contribution in [1.82, 2.24) is 9.88 Å². The number of nitriles is 1. The van der Waals surface area contributed by atoms with Crippen molar-refractivity contribution in [2.75, 3.05) is 7.11 Å². The van der Waals surface area contributed by atoms with Gasteiger partial charge in [-0.25, -0.2) is 4.79 Å². The number of ether oxygens (including phenoxy) is 1. The van der Waals surface area contributed by atoms with Crippen LogP contribution in [0.25, 0.3) is 11.8 Å². The first-order chi connectivity index (χ1) is 15.7. The summed E-state index contributed by atoms with van der Waals surface area (Å²) in [6, 6.07) is 16.1. The van der Waals surface area contributed by atoms with Gasteiger partial charge < -0.3 is 19.7 Å². The van der Waals surface area contributed by atoms with Gasteiger partial charge in [-0.3, -0.25) is 4.79 Å². The van der Waals surface area contributed by atoms with Gasteiger partial charge >= 0.3 is 5.97 Å². The number of carbonyl (C=O) groups is 2. The smallest absolute Gasteiger partial charge is 0.335 e. The Hall–Kier alpha value is -4.31. The Labute approximate surface area is 192 Å². The number of aromatic nitrogens is 1. The number of carbonyl (C=O) groups excluding carboxylic acids is 1. The first-order valence-corrected chi connectivity index (χ1v) is 10.3. The molecule has 7 nitrogen and oxygen atoms in total. The summed E-state index contributed by atoms with van der Waals surface area (Å²) in [7, 11) is 1.59. The third kappa shape index (κ3) is 5.13. The molecule has 0 saturated heterocycles. The molecule has 3 rings (SSSR count). The van der Waals surface area contributed by atoms with Crippen LogP contribution in [-0.4, -0.2) is 28.7 Å². The molecule has 0 aliphatic carbocycles. The number of carboxylic acids is 1. The molecule has 1 amide bonds. The Kier molecular flexibility index (Phi) is 6.99. The lowest BCUT2D eigenvalue weighted by atomic mass is 10.1. The van der Waals surface area contributed by atoms with E-state index in [9.17, 15) is 20.0 Å². The van der Waals surface area contributed by atoms with Crippen molar-refractivity contribution < 1.29 is 19.4 Å². The number of methoxy groups -OCH3 is 1. The van der Waals surface area contributed by atoms with Crippen LogP contribution in [0.2, 0.25) is 0 Å². The van der Waals surface area contributed by atoms with Gasteiger partial charge in [0.05, 0.1) is 12.7 Å². The van der Waals surface area contributed by atoms with Crippen molar-refractivity contribution in [3.63, 3.8) is 0 Å². The predicted octanol–water partition coefficient (Wildman–Crippen LogP) is 4.33. The monoisotopic (exact) mass is 443 g/mol. The summed E-state index contributed by atoms with van der Waals surface area (Å²) in [6.07, 6.45) is 1.55. The molecule has 0 atom stereocenters. The van der Waals surface area contributed by atoms with Crippen LogP contribution in [0.3, 0.4) is 0 Å². The summed E-state index contributed by atoms with van der Waals surface area (Å²) < 4.78 is 7.05. The van der Waals surface area contributed by atoms with Gasteiger partial charge in [0.1, 0.15) is 17.4 Å². The van der Waals surface area contributed by atoms with Crippen molar-refractivity contribution in [3.05, 3.63) is 87.7 Å². The fraction of sp³-hybridized carbons (Fsp3) is 0.192. The molecule has 2 N–H and O–H groups in total. The maximum Gasteiger partial charge on any atom is 0.335 e. The van der Waals surface area contributed by atoms with E-state index in [1.165, 1.54) is 0 Å². The van der Waals surface area contributed by atoms with Crippen LogP contribution in [0.5, 0.6) is 5.75 Å². The molecule has 0 unspecified atom stereocenters. The largest absolute Gasteiger partial charge is 0.497 e. The van der Waals surface area contributed by atoms with E-state index in [4.69, 9.17) is 4.74 Å². The predicted molar refractivity (Wildman–Crippen MR) is 125 cm³/mol. The van der Waals surface area contributed by atoms with E-state index >= 15 is 0 Å². The molecule has 0 fully saturated rings. The van der Waals surface area contributed by atoms with Gasteiger partial charge in [-0.1, -0.05) is 18.2 Å². The lowest BCUT2D eigenvalue weighted by molar-refractivity contribution is -0.117. The molecular weight excluding hydrogens is 418 g/mol. The SMILES string of the molecule is COc1ccc(CNC(=O)/C(C#N)=C\c2cc(C)n(-c3cc(C(=O)O)ccc3C)c2C)cc1. The number of rotatable bonds is 7. The highest BCUT2D eigenvalue weighted by Crippen LogP contribution is 2.26. The van der Waals surface area contributed by atoms with Crippen LogP contribution in [-0.2, 0) is 11.3 Å². The van der Waals surface area contributed by atoms with Gasteiger partial charge in [-0.2, -0.15) is 5.26 Å². The second-order valence-electron chi connectivity index (χ2n) is 7.67. The lowest BCUT2D eigenvalue weighted by Gasteiger charge is -2.13. The number of nitrogens with one attached hydrogen (secondary N) is 1. The minimum atomic E-state index is -1.00. The van der Waals surface area contributed by atoms with E-state index in [0.717, 1.165) is 34.0 Å². The normalized spacial score (nSPS) is 11.1. The average Bonchev–Trinajstić information content (AvgIpc) is 3.08. The number of hydrogen-bond acceptors (Lipinski definition) is 4. The molecule has 2 aromatic carbocycles. The average molecular weight is 444 g/mol. The third-order valence-electron chi connectivity index (χ3n) is 5.44. The Balaban J connectivity index is 1.87. The molecule has 168 valence electrons. The standard InChI is InChI=1S/C26H25N3O4/c1-16-5-8-20(26(31)32)13-24(16)29-17(2)11-21(18(29)3)12-22(14-27)25(30)28-15-19-6-9-23(33-4)10-7-19/h5-13H,15H2,1-4H3,(H,28,30)(H,31,32)/b22-12-. The fourth-order valence-electron chi connectivity index (χ4n) is 3.61. The zero-order valence-corrected chi connectivity index (χ0v) is 19.0. The van der Waals surface area contributed by atoms with Crippen LogP contribution in [0, 0.1) is 32.1 Å². The summed E-state index contributed by atoms with van der Waals surface area (Å²) in [5, 5.41) is 21.7. The number of aryl methyl sites for hydroxylation is 2. The lowest BCUT2D eigenvalue weighted by Crippen LogP contribution is -2.23. The number of nitrogens with zero attached hydrogens (tertiary/aromatic N) is 2. The van der Waals surface area contributed by atoms with E-state index < -0.39 is 11.9 Å². The van der Waals surface area contributed by atoms with E-state index in [0.29, 0.717) is 5.56 Å². The van der Waals surface area contributed by atoms with Crippen LogP contribution in [0.1, 0.15) is 38.4 Å². The quantitative estimate of drug-likeness (QED) is 0.418. The van der Waals surface area contributed by atoms with Crippen LogP contribution >= 0.6 is 0 Å². The molecular formula is C26H25N3O4. The number of benzene rings is 2. The van der Waals surface area contributed by atoms with Crippen molar-refractivity contribution in [2.45, 2.75) is 27.3 Å². The summed E-state index contributed by atoms with van der Waals surface area (Å²) in [4.78, 5) is 24.0. The maximum absolute atomic E-state index is 12.6. The van der Waals surface area contributed by atoms with Gasteiger partial charge in [0.2, 0.25) is 0 Å². The summed E-state index contributed by atoms with van der Waals surface area (Å²) in [6.45, 7) is 5.95. The molecule has 3 aromatic rings. The number of hydrogen-bond donors (Lipinski definition) is 2. The topological polar surface area (TPSA) is 104 Å². The molecule has 7 heteroatoms. The van der Waals surface area contributed by atoms with E-state index in [2.05, 4.69) is 5.32 Å². The van der Waals surface area contributed by atoms with Crippen LogP contribution in [0.15, 0.2) is 54.1 Å². The van der Waals surface area contributed by atoms with Gasteiger partial charge in [-0.15, -0.1) is 0 Å². The fourth-order valence-corrected chi connectivity index (χ4v) is 3.61. The van der Waals surface area contributed by atoms with Crippen LogP contribution < -0.4 is 10.1 Å². The molecule has 0 saturated carbocycles. The van der Waals surface area contributed by atoms with Crippen molar-refractivity contribution in [2.24, 2.45) is 0 Å². The van der Waals surface area contributed by atoms with Crippen molar-refractivity contribution >= 4 is 18.0 Å². The summed E-state index contributed by atoms with van der Waals surface area (Å²) in [5.74, 6) is -0.747. The highest BCUT2D eigenvalue weighted by atomic mass is 16.5. The first kappa shape index (κ1) is 23.4. The second-order valence-corrected chi connectivity index (χ2v) is 7.67. The summed E-state index contributed by atoms with van der Waals surface area (Å²) in [5.41, 5.74) is 5.09. The Morgan fingerprint density at radius 2 is 1.82 bits per heavy atom. The zero-order chi connectivity index (χ0) is 24.1. The van der Waals surface area contributed by atoms with Gasteiger partial charge in [0.25, 0.3) is 5.91 Å². The van der Waals surface area contributed by atoms with Gasteiger partial charge in [0.15, 0.2) is 0 Å². The highest BCUT2D eigenvalue weighted by Gasteiger charge is 2.16. The number of aromatic carboxylic acids is 1. The number of amides is 1. The highest BCUT2D eigenvalue weighted by molar-refractivity contribution is 6.01. The third-order valence-corrected chi connectivity index (χ3v) is 5.44. The summed E-state index contributed by atoms with van der Waals surface area (Å²) >= 11 is 0. The molecule has 1 heterocycles. The zero-order valence-electron chi connectivity index (χ0n) is 19.0. The number of carboxylic acid groups (broad SMARTS) is 1. The Morgan fingerprint density at radius 3 is 2.42 bits per heavy atom. The minimum Gasteiger partial charge on any atom is -0.497 e. The van der Waals surface area contributed by atoms with Crippen LogP contribution in [0.4, 0.5) is 0 Å². The maximum atomic E-state index is 12.6. The first-order valence-electron chi connectivity index (χ1n) is 10.3. The second kappa shape index (κ2) is 9.88. The van der Waals surface area contributed by atoms with E-state index in [1.807, 2.05) is 49.6 Å². The molecule has 0 radical (unpaired) electrons. The molecule has 33 heavy (non-hydrogen) atoms. The van der Waals surface area contributed by atoms with Crippen molar-refractivity contribution in [3.8, 4) is 17.5 Å².